The summed E-state index contributed by atoms with van der Waals surface area (Å²) in [7, 11) is -4.39. The summed E-state index contributed by atoms with van der Waals surface area (Å²) in [5.74, 6) is -0.142. The van der Waals surface area contributed by atoms with Crippen molar-refractivity contribution in [1.29, 1.82) is 0 Å². The van der Waals surface area contributed by atoms with Crippen molar-refractivity contribution in [1.82, 2.24) is 14.7 Å². The van der Waals surface area contributed by atoms with E-state index in [0.29, 0.717) is 29.0 Å². The minimum atomic E-state index is -4.39. The van der Waals surface area contributed by atoms with Gasteiger partial charge < -0.3 is 9.88 Å². The molecule has 0 aliphatic carbocycles. The van der Waals surface area contributed by atoms with Crippen molar-refractivity contribution in [3.8, 4) is 11.3 Å². The zero-order valence-electron chi connectivity index (χ0n) is 19.0. The average Bonchev–Trinajstić information content (AvgIpc) is 3.05. The van der Waals surface area contributed by atoms with Crippen LogP contribution in [0.15, 0.2) is 64.4 Å². The summed E-state index contributed by atoms with van der Waals surface area (Å²) >= 11 is 6.01. The molecule has 1 aliphatic rings. The second kappa shape index (κ2) is 8.88. The van der Waals surface area contributed by atoms with Crippen LogP contribution < -0.4 is 15.2 Å². The molecule has 0 radical (unpaired) electrons. The van der Waals surface area contributed by atoms with Gasteiger partial charge >= 0.3 is 0 Å². The molecule has 8 nitrogen and oxygen atoms in total. The van der Waals surface area contributed by atoms with E-state index in [2.05, 4.69) is 25.8 Å². The molecule has 0 bridgehead atoms. The van der Waals surface area contributed by atoms with Crippen molar-refractivity contribution >= 4 is 33.3 Å². The van der Waals surface area contributed by atoms with E-state index in [9.17, 15) is 18.0 Å². The number of halogens is 1. The SMILES string of the molecule is CC1CCN(c2nc(-c3ccc(Cl)cc3)ccc2C(=O)NS(=O)(=O)c2ccc[nH]c2=O)C1(C)C. The van der Waals surface area contributed by atoms with Crippen LogP contribution in [0.25, 0.3) is 11.3 Å². The van der Waals surface area contributed by atoms with Crippen molar-refractivity contribution in [2.45, 2.75) is 37.6 Å². The van der Waals surface area contributed by atoms with E-state index < -0.39 is 26.4 Å². The fourth-order valence-corrected chi connectivity index (χ4v) is 5.22. The molecule has 10 heteroatoms. The zero-order valence-corrected chi connectivity index (χ0v) is 20.6. The van der Waals surface area contributed by atoms with Crippen molar-refractivity contribution in [2.24, 2.45) is 5.92 Å². The molecule has 34 heavy (non-hydrogen) atoms. The zero-order chi connectivity index (χ0) is 24.7. The number of pyridine rings is 2. The lowest BCUT2D eigenvalue weighted by Gasteiger charge is -2.36. The average molecular weight is 501 g/mol. The Morgan fingerprint density at radius 2 is 1.88 bits per heavy atom. The number of hydrogen-bond donors (Lipinski definition) is 2. The molecule has 0 spiro atoms. The van der Waals surface area contributed by atoms with Crippen molar-refractivity contribution in [2.75, 3.05) is 11.4 Å². The molecule has 1 amide bonds. The third-order valence-electron chi connectivity index (χ3n) is 6.50. The van der Waals surface area contributed by atoms with Crippen LogP contribution in [-0.2, 0) is 10.0 Å². The first kappa shape index (κ1) is 24.0. The predicted octanol–water partition coefficient (Wildman–Crippen LogP) is 3.83. The molecule has 4 rings (SSSR count). The summed E-state index contributed by atoms with van der Waals surface area (Å²) in [5, 5.41) is 0.593. The number of H-pyrrole nitrogens is 1. The van der Waals surface area contributed by atoms with Crippen LogP contribution in [-0.4, -0.2) is 36.4 Å². The minimum absolute atomic E-state index is 0.107. The number of anilines is 1. The van der Waals surface area contributed by atoms with Crippen molar-refractivity contribution < 1.29 is 13.2 Å². The fourth-order valence-electron chi connectivity index (χ4n) is 4.07. The number of carbonyl (C=O) groups is 1. The Labute approximate surface area is 203 Å². The molecule has 2 N–H and O–H groups in total. The molecule has 1 saturated heterocycles. The van der Waals surface area contributed by atoms with Crippen LogP contribution in [0.5, 0.6) is 0 Å². The van der Waals surface area contributed by atoms with E-state index >= 15 is 0 Å². The van der Waals surface area contributed by atoms with E-state index in [1.165, 1.54) is 12.3 Å². The summed E-state index contributed by atoms with van der Waals surface area (Å²) in [6.45, 7) is 6.94. The molecule has 3 aromatic rings. The molecule has 178 valence electrons. The lowest BCUT2D eigenvalue weighted by molar-refractivity contribution is 0.0981. The van der Waals surface area contributed by atoms with Gasteiger partial charge in [-0.2, -0.15) is 0 Å². The van der Waals surface area contributed by atoms with E-state index in [1.54, 1.807) is 24.3 Å². The highest BCUT2D eigenvalue weighted by Gasteiger charge is 2.41. The molecule has 1 fully saturated rings. The number of nitrogens with zero attached hydrogens (tertiary/aromatic N) is 2. The third kappa shape index (κ3) is 4.45. The molecule has 0 saturated carbocycles. The maximum atomic E-state index is 13.2. The molecule has 1 atom stereocenters. The number of nitrogens with one attached hydrogen (secondary N) is 2. The van der Waals surface area contributed by atoms with Crippen molar-refractivity contribution in [3.05, 3.63) is 75.7 Å². The van der Waals surface area contributed by atoms with Gasteiger partial charge in [0.2, 0.25) is 0 Å². The first-order valence-corrected chi connectivity index (χ1v) is 12.7. The van der Waals surface area contributed by atoms with Gasteiger partial charge in [-0.3, -0.25) is 9.59 Å². The van der Waals surface area contributed by atoms with Gasteiger partial charge in [0, 0.05) is 28.9 Å². The number of aromatic amines is 1. The van der Waals surface area contributed by atoms with Gasteiger partial charge in [-0.25, -0.2) is 18.1 Å². The Hall–Kier alpha value is -3.17. The highest BCUT2D eigenvalue weighted by molar-refractivity contribution is 7.90. The summed E-state index contributed by atoms with van der Waals surface area (Å²) in [6, 6.07) is 12.9. The van der Waals surface area contributed by atoms with Crippen LogP contribution in [0.3, 0.4) is 0 Å². The molecule has 1 aromatic carbocycles. The van der Waals surface area contributed by atoms with Crippen molar-refractivity contribution in [3.63, 3.8) is 0 Å². The van der Waals surface area contributed by atoms with E-state index in [4.69, 9.17) is 16.6 Å². The van der Waals surface area contributed by atoms with Gasteiger partial charge in [-0.15, -0.1) is 0 Å². The van der Waals surface area contributed by atoms with Crippen LogP contribution in [0.2, 0.25) is 5.02 Å². The maximum absolute atomic E-state index is 13.2. The third-order valence-corrected chi connectivity index (χ3v) is 8.11. The molecule has 1 unspecified atom stereocenters. The molecule has 2 aromatic heterocycles. The number of sulfonamides is 1. The normalized spacial score (nSPS) is 17.5. The molecule has 3 heterocycles. The van der Waals surface area contributed by atoms with Gasteiger partial charge in [0.25, 0.3) is 21.5 Å². The van der Waals surface area contributed by atoms with Crippen LogP contribution in [0, 0.1) is 5.92 Å². The van der Waals surface area contributed by atoms with Crippen LogP contribution >= 0.6 is 11.6 Å². The van der Waals surface area contributed by atoms with Gasteiger partial charge in [0.1, 0.15) is 5.82 Å². The van der Waals surface area contributed by atoms with Gasteiger partial charge in [0.15, 0.2) is 4.90 Å². The standard InChI is InChI=1S/C24H25ClN4O4S/c1-15-12-14-29(24(15,2)3)21-18(10-11-19(27-21)16-6-8-17(25)9-7-16)22(30)28-34(32,33)20-5-4-13-26-23(20)31/h4-11,13,15H,12,14H2,1-3H3,(H,26,31)(H,28,30). The Bertz CT molecular complexity index is 1400. The Balaban J connectivity index is 1.78. The fraction of sp³-hybridized carbons (Fsp3) is 0.292. The van der Waals surface area contributed by atoms with Crippen LogP contribution in [0.1, 0.15) is 37.6 Å². The Kier molecular flexibility index (Phi) is 6.26. The monoisotopic (exact) mass is 500 g/mol. The lowest BCUT2D eigenvalue weighted by atomic mass is 9.90. The largest absolute Gasteiger partial charge is 0.351 e. The van der Waals surface area contributed by atoms with Crippen LogP contribution in [0.4, 0.5) is 5.82 Å². The first-order chi connectivity index (χ1) is 16.0. The molecular formula is C24H25ClN4O4S. The number of rotatable bonds is 5. The van der Waals surface area contributed by atoms with E-state index in [-0.39, 0.29) is 11.1 Å². The smallest absolute Gasteiger partial charge is 0.269 e. The number of aromatic nitrogens is 2. The number of benzene rings is 1. The number of carbonyl (C=O) groups excluding carboxylic acids is 1. The van der Waals surface area contributed by atoms with Gasteiger partial charge in [0.05, 0.1) is 11.3 Å². The first-order valence-electron chi connectivity index (χ1n) is 10.8. The topological polar surface area (TPSA) is 112 Å². The molecule has 1 aliphatic heterocycles. The molecular weight excluding hydrogens is 476 g/mol. The minimum Gasteiger partial charge on any atom is -0.351 e. The highest BCUT2D eigenvalue weighted by atomic mass is 35.5. The number of amides is 1. The quantitative estimate of drug-likeness (QED) is 0.550. The summed E-state index contributed by atoms with van der Waals surface area (Å²) in [4.78, 5) is 33.8. The summed E-state index contributed by atoms with van der Waals surface area (Å²) < 4.78 is 27.6. The van der Waals surface area contributed by atoms with Gasteiger partial charge in [-0.1, -0.05) is 30.7 Å². The Morgan fingerprint density at radius 1 is 1.18 bits per heavy atom. The predicted molar refractivity (Wildman–Crippen MR) is 132 cm³/mol. The summed E-state index contributed by atoms with van der Waals surface area (Å²) in [5.41, 5.74) is 0.424. The summed E-state index contributed by atoms with van der Waals surface area (Å²) in [6.07, 6.45) is 2.22. The Morgan fingerprint density at radius 3 is 2.50 bits per heavy atom. The lowest BCUT2D eigenvalue weighted by Crippen LogP contribution is -2.44. The highest BCUT2D eigenvalue weighted by Crippen LogP contribution is 2.39. The van der Waals surface area contributed by atoms with E-state index in [0.717, 1.165) is 18.1 Å². The second-order valence-electron chi connectivity index (χ2n) is 8.87. The van der Waals surface area contributed by atoms with E-state index in [1.807, 2.05) is 21.8 Å². The maximum Gasteiger partial charge on any atom is 0.269 e. The van der Waals surface area contributed by atoms with Gasteiger partial charge in [-0.05, 0) is 62.6 Å². The second-order valence-corrected chi connectivity index (χ2v) is 11.0. The number of hydrogen-bond acceptors (Lipinski definition) is 6.